The van der Waals surface area contributed by atoms with Crippen molar-refractivity contribution in [1.82, 2.24) is 0 Å². The van der Waals surface area contributed by atoms with Crippen LogP contribution in [0.5, 0.6) is 0 Å². The first kappa shape index (κ1) is 16.1. The molecule has 0 amide bonds. The maximum absolute atomic E-state index is 2.50. The minimum Gasteiger partial charge on any atom is -0.147 e. The highest BCUT2D eigenvalue weighted by Gasteiger charge is 2.36. The Kier molecular flexibility index (Phi) is 6.46. The van der Waals surface area contributed by atoms with Crippen LogP contribution in [-0.2, 0) is 0 Å². The van der Waals surface area contributed by atoms with E-state index in [-0.39, 0.29) is 0 Å². The third kappa shape index (κ3) is 4.59. The van der Waals surface area contributed by atoms with Gasteiger partial charge in [-0.15, -0.1) is 23.5 Å². The summed E-state index contributed by atoms with van der Waals surface area (Å²) in [5, 5.41) is 0. The largest absolute Gasteiger partial charge is 0.147 e. The molecule has 0 aromatic carbocycles. The zero-order chi connectivity index (χ0) is 13.7. The molecule has 1 aliphatic heterocycles. The van der Waals surface area contributed by atoms with Crippen LogP contribution in [0.1, 0.15) is 72.1 Å². The zero-order valence-electron chi connectivity index (χ0n) is 13.1. The molecule has 1 saturated heterocycles. The molecule has 112 valence electrons. The topological polar surface area (TPSA) is 0 Å². The Morgan fingerprint density at radius 2 is 1.58 bits per heavy atom. The number of rotatable bonds is 5. The molecule has 0 aromatic rings. The Morgan fingerprint density at radius 3 is 2.11 bits per heavy atom. The summed E-state index contributed by atoms with van der Waals surface area (Å²) >= 11 is 4.59. The molecule has 0 radical (unpaired) electrons. The number of thioether (sulfide) groups is 2. The van der Waals surface area contributed by atoms with Crippen LogP contribution in [0.4, 0.5) is 0 Å². The predicted octanol–water partition coefficient (Wildman–Crippen LogP) is 6.21. The molecule has 0 bridgehead atoms. The maximum atomic E-state index is 2.50. The minimum atomic E-state index is 0.625. The molecule has 0 unspecified atom stereocenters. The van der Waals surface area contributed by atoms with E-state index in [1.165, 1.54) is 62.9 Å². The molecule has 2 heteroatoms. The van der Waals surface area contributed by atoms with Gasteiger partial charge in [0.1, 0.15) is 0 Å². The number of hydrogen-bond donors (Lipinski definition) is 0. The molecule has 2 fully saturated rings. The van der Waals surface area contributed by atoms with Crippen LogP contribution in [0.25, 0.3) is 0 Å². The van der Waals surface area contributed by atoms with E-state index in [0.717, 1.165) is 16.4 Å². The van der Waals surface area contributed by atoms with E-state index >= 15 is 0 Å². The fourth-order valence-electron chi connectivity index (χ4n) is 3.83. The van der Waals surface area contributed by atoms with Crippen LogP contribution in [0.15, 0.2) is 0 Å². The molecule has 0 nitrogen and oxygen atoms in total. The lowest BCUT2D eigenvalue weighted by atomic mass is 9.81. The monoisotopic (exact) mass is 300 g/mol. The molecule has 0 aromatic heterocycles. The molecule has 0 N–H and O–H groups in total. The van der Waals surface area contributed by atoms with Crippen LogP contribution in [-0.4, -0.2) is 16.1 Å². The first-order chi connectivity index (χ1) is 9.17. The molecule has 0 spiro atoms. The van der Waals surface area contributed by atoms with Crippen molar-refractivity contribution in [1.29, 1.82) is 0 Å². The van der Waals surface area contributed by atoms with Gasteiger partial charge in [0.05, 0.1) is 4.58 Å². The zero-order valence-corrected chi connectivity index (χ0v) is 14.8. The lowest BCUT2D eigenvalue weighted by molar-refractivity contribution is 0.272. The molecule has 19 heavy (non-hydrogen) atoms. The summed E-state index contributed by atoms with van der Waals surface area (Å²) in [6.07, 6.45) is 11.7. The van der Waals surface area contributed by atoms with Gasteiger partial charge in [-0.05, 0) is 36.5 Å². The molecule has 1 heterocycles. The van der Waals surface area contributed by atoms with Gasteiger partial charge in [-0.3, -0.25) is 0 Å². The summed E-state index contributed by atoms with van der Waals surface area (Å²) in [5.74, 6) is 4.90. The Balaban J connectivity index is 1.73. The Morgan fingerprint density at radius 1 is 0.947 bits per heavy atom. The summed E-state index contributed by atoms with van der Waals surface area (Å²) in [6.45, 7) is 7.18. The molecule has 2 rings (SSSR count). The smallest absolute Gasteiger partial charge is 0.0531 e. The van der Waals surface area contributed by atoms with Crippen molar-refractivity contribution in [3.8, 4) is 0 Å². The van der Waals surface area contributed by atoms with E-state index in [2.05, 4.69) is 44.3 Å². The van der Waals surface area contributed by atoms with Crippen molar-refractivity contribution in [2.75, 3.05) is 11.5 Å². The molecular formula is C17H32S2. The first-order valence-electron chi connectivity index (χ1n) is 8.40. The van der Waals surface area contributed by atoms with Gasteiger partial charge in [-0.25, -0.2) is 0 Å². The van der Waals surface area contributed by atoms with Crippen molar-refractivity contribution >= 4 is 23.5 Å². The standard InChI is InChI=1S/C17H32S2/c1-4-6-14-7-9-15(10-8-14)16-18-12-17(3,11-5-2)13-19-16/h14-16H,4-13H2,1-3H3/t14?,15?,16-,17-. The number of hydrogen-bond acceptors (Lipinski definition) is 2. The molecular weight excluding hydrogens is 268 g/mol. The summed E-state index contributed by atoms with van der Waals surface area (Å²) in [7, 11) is 0. The molecule has 1 saturated carbocycles. The third-order valence-corrected chi connectivity index (χ3v) is 8.99. The van der Waals surface area contributed by atoms with Crippen molar-refractivity contribution in [3.63, 3.8) is 0 Å². The lowest BCUT2D eigenvalue weighted by Crippen LogP contribution is -2.32. The third-order valence-electron chi connectivity index (χ3n) is 5.02. The van der Waals surface area contributed by atoms with Gasteiger partial charge >= 0.3 is 0 Å². The van der Waals surface area contributed by atoms with Gasteiger partial charge in [-0.2, -0.15) is 0 Å². The van der Waals surface area contributed by atoms with Gasteiger partial charge in [0, 0.05) is 11.5 Å². The first-order valence-corrected chi connectivity index (χ1v) is 10.5. The van der Waals surface area contributed by atoms with Crippen LogP contribution < -0.4 is 0 Å². The van der Waals surface area contributed by atoms with E-state index < -0.39 is 0 Å². The predicted molar refractivity (Wildman–Crippen MR) is 92.1 cm³/mol. The molecule has 0 atom stereocenters. The fourth-order valence-corrected chi connectivity index (χ4v) is 7.47. The summed E-state index contributed by atoms with van der Waals surface area (Å²) < 4.78 is 0.924. The fraction of sp³-hybridized carbons (Fsp3) is 1.00. The summed E-state index contributed by atoms with van der Waals surface area (Å²) in [6, 6.07) is 0. The normalized spacial score (nSPS) is 40.3. The minimum absolute atomic E-state index is 0.625. The van der Waals surface area contributed by atoms with E-state index in [1.807, 2.05) is 0 Å². The van der Waals surface area contributed by atoms with Crippen LogP contribution in [0.3, 0.4) is 0 Å². The lowest BCUT2D eigenvalue weighted by Gasteiger charge is -2.41. The van der Waals surface area contributed by atoms with Crippen LogP contribution in [0.2, 0.25) is 0 Å². The average molecular weight is 301 g/mol. The Hall–Kier alpha value is 0.700. The summed E-state index contributed by atoms with van der Waals surface area (Å²) in [5.41, 5.74) is 0.625. The Bertz CT molecular complexity index is 248. The van der Waals surface area contributed by atoms with E-state index in [9.17, 15) is 0 Å². The average Bonchev–Trinajstić information content (AvgIpc) is 2.41. The molecule has 1 aliphatic carbocycles. The van der Waals surface area contributed by atoms with E-state index in [1.54, 1.807) is 0 Å². The maximum Gasteiger partial charge on any atom is 0.0531 e. The van der Waals surface area contributed by atoms with Crippen molar-refractivity contribution in [3.05, 3.63) is 0 Å². The van der Waals surface area contributed by atoms with Crippen molar-refractivity contribution < 1.29 is 0 Å². The highest BCUT2D eigenvalue weighted by Crippen LogP contribution is 2.49. The highest BCUT2D eigenvalue weighted by atomic mass is 32.2. The van der Waals surface area contributed by atoms with Crippen LogP contribution >= 0.6 is 23.5 Å². The second kappa shape index (κ2) is 7.64. The van der Waals surface area contributed by atoms with Gasteiger partial charge in [0.15, 0.2) is 0 Å². The van der Waals surface area contributed by atoms with E-state index in [0.29, 0.717) is 5.41 Å². The second-order valence-electron chi connectivity index (χ2n) is 7.12. The van der Waals surface area contributed by atoms with Gasteiger partial charge in [0.2, 0.25) is 0 Å². The Labute approximate surface area is 129 Å². The SMILES string of the molecule is CCCC1CCC([C@H]2SC[C@](C)(CCC)CS2)CC1. The van der Waals surface area contributed by atoms with Gasteiger partial charge < -0.3 is 0 Å². The van der Waals surface area contributed by atoms with Gasteiger partial charge in [-0.1, -0.05) is 52.9 Å². The van der Waals surface area contributed by atoms with Gasteiger partial charge in [0.25, 0.3) is 0 Å². The van der Waals surface area contributed by atoms with Crippen molar-refractivity contribution in [2.45, 2.75) is 76.7 Å². The summed E-state index contributed by atoms with van der Waals surface area (Å²) in [4.78, 5) is 0. The molecule has 2 aliphatic rings. The van der Waals surface area contributed by atoms with Crippen LogP contribution in [0, 0.1) is 17.3 Å². The quantitative estimate of drug-likeness (QED) is 0.592. The van der Waals surface area contributed by atoms with Crippen molar-refractivity contribution in [2.24, 2.45) is 17.3 Å². The van der Waals surface area contributed by atoms with E-state index in [4.69, 9.17) is 0 Å². The second-order valence-corrected chi connectivity index (χ2v) is 9.68. The highest BCUT2D eigenvalue weighted by molar-refractivity contribution is 8.17.